The number of aromatic hydroxyl groups is 1. The SMILES string of the molecule is Cc1ncsc1-c1ccc([C@H](C)NC(=O)C2CC(O)CN2C(=O)[C@@H](c2cc(-c3ccnc(N4CC[C@@H](c5cc6nnc(-c7ccccc7O)cc6n5C5CC5)C4)c3)no2)C(C)C)cc1. The Balaban J connectivity index is 0.830. The quantitative estimate of drug-likeness (QED) is 0.108. The number of aliphatic hydroxyl groups is 1. The van der Waals surface area contributed by atoms with Gasteiger partial charge in [-0.2, -0.15) is 0 Å². The Hall–Kier alpha value is -6.45. The minimum absolute atomic E-state index is 0.0526. The first-order chi connectivity index (χ1) is 31.0. The molecule has 2 aliphatic heterocycles. The van der Waals surface area contributed by atoms with Gasteiger partial charge in [0.2, 0.25) is 11.8 Å². The fraction of sp³-hybridized carbons (Fsp3) is 0.367. The summed E-state index contributed by atoms with van der Waals surface area (Å²) in [6.45, 7) is 9.46. The Labute approximate surface area is 375 Å². The average molecular weight is 878 g/mol. The Morgan fingerprint density at radius 1 is 0.906 bits per heavy atom. The van der Waals surface area contributed by atoms with Crippen LogP contribution >= 0.6 is 11.3 Å². The molecular weight excluding hydrogens is 827 g/mol. The van der Waals surface area contributed by atoms with Crippen molar-refractivity contribution in [3.8, 4) is 38.7 Å². The van der Waals surface area contributed by atoms with Crippen molar-refractivity contribution in [2.75, 3.05) is 24.5 Å². The molecule has 2 unspecified atom stereocenters. The number of aromatic nitrogens is 6. The molecule has 328 valence electrons. The highest BCUT2D eigenvalue weighted by Crippen LogP contribution is 2.44. The number of para-hydroxylation sites is 1. The van der Waals surface area contributed by atoms with Gasteiger partial charge in [-0.3, -0.25) is 9.59 Å². The number of nitrogens with zero attached hydrogens (tertiary/aromatic N) is 8. The molecule has 1 saturated carbocycles. The van der Waals surface area contributed by atoms with Crippen LogP contribution in [0, 0.1) is 12.8 Å². The smallest absolute Gasteiger partial charge is 0.243 e. The first kappa shape index (κ1) is 41.6. The standard InChI is InChI=1S/C49H51N9O5S/c1-27(2)46(49(62)57-25-35(59)20-42(57)48(61)52-28(3)30-9-11-31(12-10-30)47-29(4)51-26-64-47)44-23-37(55-63-44)32-15-17-50-45(19-32)56-18-16-33(24-56)40-22-39-41(58(40)34-13-14-34)21-38(53-54-39)36-7-5-6-8-43(36)60/h5-12,15,17,19,21-23,26-28,33-35,42,46,59-60H,13-14,16,18,20,24-25H2,1-4H3,(H,52,61)/t28-,33+,35?,42?,46+/m0/s1. The molecule has 64 heavy (non-hydrogen) atoms. The van der Waals surface area contributed by atoms with Crippen molar-refractivity contribution in [2.24, 2.45) is 5.92 Å². The molecule has 5 atom stereocenters. The number of hydrogen-bond donors (Lipinski definition) is 3. The van der Waals surface area contributed by atoms with Gasteiger partial charge < -0.3 is 34.4 Å². The summed E-state index contributed by atoms with van der Waals surface area (Å²) in [4.78, 5) is 42.3. The summed E-state index contributed by atoms with van der Waals surface area (Å²) >= 11 is 1.59. The second kappa shape index (κ2) is 16.9. The molecule has 2 saturated heterocycles. The number of fused-ring (bicyclic) bond motifs is 1. The molecular formula is C49H51N9O5S. The largest absolute Gasteiger partial charge is 0.507 e. The zero-order valence-corrected chi connectivity index (χ0v) is 37.1. The summed E-state index contributed by atoms with van der Waals surface area (Å²) in [6.07, 6.45) is 4.28. The Bertz CT molecular complexity index is 2850. The lowest BCUT2D eigenvalue weighted by Crippen LogP contribution is -2.48. The normalized spacial score (nSPS) is 19.8. The van der Waals surface area contributed by atoms with E-state index in [-0.39, 0.29) is 48.4 Å². The van der Waals surface area contributed by atoms with Crippen molar-refractivity contribution in [1.82, 2.24) is 40.1 Å². The highest BCUT2D eigenvalue weighted by atomic mass is 32.1. The lowest BCUT2D eigenvalue weighted by molar-refractivity contribution is -0.141. The average Bonchev–Trinajstić information content (AvgIpc) is 3.81. The number of β-amino-alcohol motifs (C(OH)–C–C–N with tert-alkyl or cyclic N) is 1. The first-order valence-electron chi connectivity index (χ1n) is 22.1. The number of amides is 2. The van der Waals surface area contributed by atoms with E-state index >= 15 is 0 Å². The van der Waals surface area contributed by atoms with Gasteiger partial charge in [0.1, 0.15) is 40.5 Å². The number of nitrogens with one attached hydrogen (secondary N) is 1. The molecule has 1 aliphatic carbocycles. The van der Waals surface area contributed by atoms with Crippen LogP contribution in [0.5, 0.6) is 5.75 Å². The number of pyridine rings is 1. The number of benzene rings is 2. The molecule has 3 N–H and O–H groups in total. The fourth-order valence-electron chi connectivity index (χ4n) is 9.56. The number of carbonyl (C=O) groups is 2. The molecule has 3 aliphatic rings. The van der Waals surface area contributed by atoms with E-state index in [2.05, 4.69) is 47.3 Å². The summed E-state index contributed by atoms with van der Waals surface area (Å²) in [7, 11) is 0. The number of rotatable bonds is 12. The molecule has 2 aromatic carbocycles. The molecule has 3 fully saturated rings. The van der Waals surface area contributed by atoms with Crippen LogP contribution in [0.1, 0.15) is 93.1 Å². The van der Waals surface area contributed by atoms with Gasteiger partial charge in [-0.15, -0.1) is 21.5 Å². The van der Waals surface area contributed by atoms with Crippen molar-refractivity contribution in [1.29, 1.82) is 0 Å². The van der Waals surface area contributed by atoms with E-state index in [1.165, 1.54) is 10.6 Å². The van der Waals surface area contributed by atoms with E-state index in [0.29, 0.717) is 28.8 Å². The predicted octanol–water partition coefficient (Wildman–Crippen LogP) is 8.19. The van der Waals surface area contributed by atoms with Gasteiger partial charge in [-0.1, -0.05) is 55.4 Å². The molecule has 14 nitrogen and oxygen atoms in total. The van der Waals surface area contributed by atoms with E-state index in [4.69, 9.17) is 9.51 Å². The molecule has 5 aromatic heterocycles. The van der Waals surface area contributed by atoms with Crippen molar-refractivity contribution in [3.05, 3.63) is 113 Å². The van der Waals surface area contributed by atoms with Crippen molar-refractivity contribution in [2.45, 2.75) is 89.4 Å². The second-order valence-electron chi connectivity index (χ2n) is 17.9. The van der Waals surface area contributed by atoms with Gasteiger partial charge >= 0.3 is 0 Å². The van der Waals surface area contributed by atoms with E-state index in [1.807, 2.05) is 87.8 Å². The maximum absolute atomic E-state index is 14.4. The van der Waals surface area contributed by atoms with Gasteiger partial charge in [-0.25, -0.2) is 9.97 Å². The van der Waals surface area contributed by atoms with Crippen LogP contribution in [-0.2, 0) is 9.59 Å². The third kappa shape index (κ3) is 7.91. The summed E-state index contributed by atoms with van der Waals surface area (Å²) < 4.78 is 8.38. The van der Waals surface area contributed by atoms with Crippen LogP contribution in [-0.4, -0.2) is 88.6 Å². The number of likely N-dealkylation sites (tertiary alicyclic amines) is 1. The van der Waals surface area contributed by atoms with E-state index in [9.17, 15) is 19.8 Å². The van der Waals surface area contributed by atoms with E-state index in [1.54, 1.807) is 29.7 Å². The zero-order chi connectivity index (χ0) is 44.2. The minimum atomic E-state index is -0.834. The minimum Gasteiger partial charge on any atom is -0.507 e. The summed E-state index contributed by atoms with van der Waals surface area (Å²) in [6, 6.07) is 24.5. The van der Waals surface area contributed by atoms with Crippen LogP contribution < -0.4 is 10.2 Å². The summed E-state index contributed by atoms with van der Waals surface area (Å²) in [5, 5.41) is 38.0. The number of phenols is 1. The third-order valence-corrected chi connectivity index (χ3v) is 14.1. The number of hydrogen-bond acceptors (Lipinski definition) is 12. The van der Waals surface area contributed by atoms with Crippen LogP contribution in [0.15, 0.2) is 95.1 Å². The Morgan fingerprint density at radius 3 is 2.47 bits per heavy atom. The lowest BCUT2D eigenvalue weighted by Gasteiger charge is -2.29. The molecule has 15 heteroatoms. The lowest BCUT2D eigenvalue weighted by atomic mass is 9.91. The maximum Gasteiger partial charge on any atom is 0.243 e. The molecule has 0 bridgehead atoms. The molecule has 0 spiro atoms. The molecule has 7 aromatic rings. The van der Waals surface area contributed by atoms with Crippen molar-refractivity contribution >= 4 is 40.0 Å². The number of carbonyl (C=O) groups excluding carboxylic acids is 2. The van der Waals surface area contributed by atoms with Gasteiger partial charge in [-0.05, 0) is 86.6 Å². The van der Waals surface area contributed by atoms with Crippen molar-refractivity contribution < 1.29 is 24.3 Å². The van der Waals surface area contributed by atoms with Crippen LogP contribution in [0.25, 0.3) is 44.0 Å². The maximum atomic E-state index is 14.4. The van der Waals surface area contributed by atoms with Gasteiger partial charge in [0.15, 0.2) is 0 Å². The summed E-state index contributed by atoms with van der Waals surface area (Å²) in [5.74, 6) is 0.177. The van der Waals surface area contributed by atoms with Gasteiger partial charge in [0, 0.05) is 67.1 Å². The van der Waals surface area contributed by atoms with Crippen LogP contribution in [0.3, 0.4) is 0 Å². The monoisotopic (exact) mass is 877 g/mol. The van der Waals surface area contributed by atoms with Crippen molar-refractivity contribution in [3.63, 3.8) is 0 Å². The van der Waals surface area contributed by atoms with Crippen LogP contribution in [0.2, 0.25) is 0 Å². The predicted molar refractivity (Wildman–Crippen MR) is 245 cm³/mol. The highest BCUT2D eigenvalue weighted by Gasteiger charge is 2.44. The highest BCUT2D eigenvalue weighted by molar-refractivity contribution is 7.13. The first-order valence-corrected chi connectivity index (χ1v) is 23.0. The fourth-order valence-corrected chi connectivity index (χ4v) is 10.4. The topological polar surface area (TPSA) is 176 Å². The molecule has 7 heterocycles. The van der Waals surface area contributed by atoms with Crippen LogP contribution in [0.4, 0.5) is 5.82 Å². The van der Waals surface area contributed by atoms with Gasteiger partial charge in [0.25, 0.3) is 0 Å². The number of anilines is 1. The molecule has 0 radical (unpaired) electrons. The third-order valence-electron chi connectivity index (χ3n) is 13.1. The Kier molecular flexibility index (Phi) is 11.0. The molecule has 10 rings (SSSR count). The Morgan fingerprint density at radius 2 is 1.72 bits per heavy atom. The number of phenolic OH excluding ortho intramolecular Hbond substituents is 1. The van der Waals surface area contributed by atoms with E-state index in [0.717, 1.165) is 76.5 Å². The zero-order valence-electron chi connectivity index (χ0n) is 36.3. The second-order valence-corrected chi connectivity index (χ2v) is 18.7. The van der Waals surface area contributed by atoms with Gasteiger partial charge in [0.05, 0.1) is 39.4 Å². The number of thiazole rings is 1. The number of aryl methyl sites for hydroxylation is 1. The number of aliphatic hydroxyl groups excluding tert-OH is 1. The van der Waals surface area contributed by atoms with E-state index < -0.39 is 18.1 Å². The molecule has 2 amide bonds. The summed E-state index contributed by atoms with van der Waals surface area (Å²) in [5.41, 5.74) is 10.7.